The lowest BCUT2D eigenvalue weighted by molar-refractivity contribution is -0.172. The molecule has 44 heteroatoms. The van der Waals surface area contributed by atoms with Crippen LogP contribution >= 0.6 is 0 Å². The van der Waals surface area contributed by atoms with E-state index in [4.69, 9.17) is 81.5 Å². The number of hydrogen-bond acceptors (Lipinski definition) is 36. The summed E-state index contributed by atoms with van der Waals surface area (Å²) in [7, 11) is 0. The Labute approximate surface area is 788 Å². The van der Waals surface area contributed by atoms with Gasteiger partial charge >= 0.3 is 12.1 Å². The normalized spacial score (nSPS) is 17.3. The smallest absolute Gasteiger partial charge is 0.407 e. The lowest BCUT2D eigenvalue weighted by atomic mass is 9.81. The van der Waals surface area contributed by atoms with E-state index in [0.29, 0.717) is 207 Å². The molecule has 0 fully saturated rings. The van der Waals surface area contributed by atoms with Gasteiger partial charge in [-0.25, -0.2) is 19.0 Å². The molecule has 0 saturated carbocycles. The second-order valence-electron chi connectivity index (χ2n) is 33.4. The van der Waals surface area contributed by atoms with Gasteiger partial charge in [0.15, 0.2) is 5.60 Å². The molecule has 12 atom stereocenters. The number of nitrogens with one attached hydrogen (secondary N) is 5. The Morgan fingerprint density at radius 2 is 1.09 bits per heavy atom. The number of unbranched alkanes of at least 4 members (excludes halogenated alkanes) is 3. The summed E-state index contributed by atoms with van der Waals surface area (Å²) in [6, 6.07) is 6.60. The average molecular weight is 1930 g/mol. The number of benzene rings is 2. The Morgan fingerprint density at radius 3 is 1.59 bits per heavy atom. The fourth-order valence-electron chi connectivity index (χ4n) is 15.4. The summed E-state index contributed by atoms with van der Waals surface area (Å²) < 4.78 is 94.6. The van der Waals surface area contributed by atoms with Crippen molar-refractivity contribution < 1.29 is 165 Å². The second-order valence-corrected chi connectivity index (χ2v) is 33.4. The number of aliphatic hydroxyl groups is 11. The number of imide groups is 1. The van der Waals surface area contributed by atoms with E-state index in [1.807, 2.05) is 0 Å². The molecule has 3 aliphatic heterocycles. The van der Waals surface area contributed by atoms with Crippen LogP contribution in [-0.4, -0.2) is 388 Å². The van der Waals surface area contributed by atoms with Gasteiger partial charge in [-0.2, -0.15) is 0 Å². The first kappa shape index (κ1) is 113. The van der Waals surface area contributed by atoms with Crippen LogP contribution in [0.15, 0.2) is 53.3 Å². The number of aryl methyl sites for hydroxylation is 1. The van der Waals surface area contributed by atoms with E-state index in [2.05, 4.69) is 26.6 Å². The fraction of sp³-hybridized carbons (Fsp3) is 0.674. The Hall–Kier alpha value is -8.73. The van der Waals surface area contributed by atoms with Crippen LogP contribution in [-0.2, 0) is 132 Å². The fourth-order valence-corrected chi connectivity index (χ4v) is 15.4. The highest BCUT2D eigenvalue weighted by Crippen LogP contribution is 2.46. The third kappa shape index (κ3) is 35.6. The van der Waals surface area contributed by atoms with Crippen molar-refractivity contribution in [2.75, 3.05) is 210 Å². The second kappa shape index (κ2) is 60.3. The van der Waals surface area contributed by atoms with E-state index in [0.717, 1.165) is 10.5 Å². The third-order valence-corrected chi connectivity index (χ3v) is 23.2. The van der Waals surface area contributed by atoms with Crippen LogP contribution < -0.4 is 32.1 Å². The number of rotatable bonds is 72. The van der Waals surface area contributed by atoms with Crippen molar-refractivity contribution in [2.24, 2.45) is 5.92 Å². The number of aromatic nitrogens is 2. The van der Waals surface area contributed by atoms with E-state index >= 15 is 4.39 Å². The molecule has 0 bridgehead atoms. The van der Waals surface area contributed by atoms with Crippen LogP contribution in [0.1, 0.15) is 130 Å². The Kier molecular flexibility index (Phi) is 49.9. The van der Waals surface area contributed by atoms with Gasteiger partial charge in [-0.3, -0.25) is 43.4 Å². The molecule has 4 aromatic rings. The Morgan fingerprint density at radius 1 is 0.588 bits per heavy atom. The van der Waals surface area contributed by atoms with E-state index in [9.17, 15) is 89.1 Å². The zero-order chi connectivity index (χ0) is 98.5. The first-order valence-electron chi connectivity index (χ1n) is 46.4. The number of aliphatic hydroxyl groups excluding tert-OH is 10. The monoisotopic (exact) mass is 1930 g/mol. The van der Waals surface area contributed by atoms with Gasteiger partial charge in [0.25, 0.3) is 17.4 Å². The summed E-state index contributed by atoms with van der Waals surface area (Å²) in [5, 5.41) is 125. The molecular formula is C92H138FN9O34. The molecule has 16 N–H and O–H groups in total. The van der Waals surface area contributed by atoms with Crippen molar-refractivity contribution in [2.45, 2.75) is 191 Å². The van der Waals surface area contributed by atoms with Crippen LogP contribution in [0.4, 0.5) is 14.9 Å². The highest BCUT2D eigenvalue weighted by Gasteiger charge is 2.47. The van der Waals surface area contributed by atoms with Gasteiger partial charge in [0.1, 0.15) is 67.7 Å². The van der Waals surface area contributed by atoms with Gasteiger partial charge < -0.3 is 154 Å². The van der Waals surface area contributed by atoms with Crippen molar-refractivity contribution in [1.82, 2.24) is 40.6 Å². The van der Waals surface area contributed by atoms with E-state index in [1.165, 1.54) is 27.7 Å². The topological polar surface area (TPSA) is 590 Å². The molecular weight excluding hydrogens is 1790 g/mol. The molecule has 2 aromatic carbocycles. The van der Waals surface area contributed by atoms with Crippen LogP contribution in [0, 0.1) is 18.7 Å². The molecule has 8 rings (SSSR count). The Balaban J connectivity index is 0.624. The lowest BCUT2D eigenvalue weighted by Crippen LogP contribution is -2.54. The maximum absolute atomic E-state index is 15.6. The molecule has 7 amide bonds. The summed E-state index contributed by atoms with van der Waals surface area (Å²) in [6.45, 7) is 11.6. The summed E-state index contributed by atoms with van der Waals surface area (Å²) in [6.07, 6.45) is -9.60. The number of ether oxygens (including phenoxy) is 14. The molecule has 43 nitrogen and oxygen atoms in total. The number of esters is 1. The number of cyclic esters (lactones) is 1. The van der Waals surface area contributed by atoms with Gasteiger partial charge in [0.05, 0.1) is 219 Å². The van der Waals surface area contributed by atoms with Crippen molar-refractivity contribution in [3.8, 4) is 11.4 Å². The first-order chi connectivity index (χ1) is 65.5. The van der Waals surface area contributed by atoms with Gasteiger partial charge in [-0.15, -0.1) is 0 Å². The maximum Gasteiger partial charge on any atom is 0.407 e. The number of carbonyl (C=O) groups excluding carboxylic acids is 8. The maximum atomic E-state index is 15.6. The Bertz CT molecular complexity index is 4430. The lowest BCUT2D eigenvalue weighted by Gasteiger charge is -2.33. The van der Waals surface area contributed by atoms with E-state index in [1.54, 1.807) is 58.0 Å². The van der Waals surface area contributed by atoms with Crippen molar-refractivity contribution in [3.63, 3.8) is 0 Å². The molecule has 762 valence electrons. The molecule has 136 heavy (non-hydrogen) atoms. The van der Waals surface area contributed by atoms with Crippen molar-refractivity contribution in [3.05, 3.63) is 104 Å². The van der Waals surface area contributed by atoms with Gasteiger partial charge in [-0.05, 0) is 105 Å². The van der Waals surface area contributed by atoms with Crippen LogP contribution in [0.25, 0.3) is 22.3 Å². The molecule has 1 aliphatic carbocycles. The number of alkyl carbamates (subject to hydrolysis) is 1. The standard InChI is InChI=1S/C92H138FN9O34/c1-5-92(122)65-49-70-82-63(51-102(70)89(119)64(65)57-135-90(92)120)80-67(18-17-62-59(4)66(93)50-69(96-82)79(62)80)98-91(121)136-56-60-13-15-61(16-14-60)95-87(117)68(97-88(118)81(58(2)3)99-76(110)12-7-6-10-23-101-77(111)19-20-78(101)112)11-8-9-22-94-75(109)21-25-123-27-29-125-31-33-127-35-37-129-39-41-131-43-45-133-47-48-134-46-44-132-42-40-130-38-36-128-34-32-126-30-28-124-26-24-100(52-71(105)83(113)85(115)73(107)54-103)53-72(106)84(114)86(116)74(108)55-104/h13-16,19-20,49-50,58,67-68,71-74,81,83-86,103-108,113-116,122H,5-12,17-18,21-48,51-57H2,1-4H3,(H,94,109)(H,95,117)(H,97,118)(H,98,121)(H,99,110)/t67-,68-,71-,72-,73+,74+,81-,83+,84+,85+,86+,92-/m0/s1. The SMILES string of the molecule is CC[C@@]1(O)C(=O)OCc2c1cc1n(c2=O)Cc2c-1nc1cc(F)c(C)c3c1c2[C@@H](NC(=O)OCc1ccc(NC(=O)[C@H](CCCCNC(=O)CCOCCOCCOCCOCCOCCOCCOCCOCCOCCOCCOCCOCCN(C[C@H](O)[C@@H](O)[C@H](O)[C@H](O)CO)C[C@H](O)[C@@H](O)[C@H](O)[C@H](O)CO)NC(=O)[C@@H](NC(=O)CCCCCN2C(=O)C=CC2=O)C(C)C)cc1)CC3. The number of carbonyl (C=O) groups is 8. The number of fused-ring (bicyclic) bond motifs is 5. The largest absolute Gasteiger partial charge is 0.458 e. The van der Waals surface area contributed by atoms with Crippen LogP contribution in [0.2, 0.25) is 0 Å². The van der Waals surface area contributed by atoms with E-state index in [-0.39, 0.29) is 140 Å². The average Bonchev–Trinajstić information content (AvgIpc) is 1.54. The van der Waals surface area contributed by atoms with Gasteiger partial charge in [0.2, 0.25) is 23.6 Å². The summed E-state index contributed by atoms with van der Waals surface area (Å²) in [5.74, 6) is -4.32. The predicted molar refractivity (Wildman–Crippen MR) is 482 cm³/mol. The summed E-state index contributed by atoms with van der Waals surface area (Å²) in [5.41, 5.74) is 2.00. The summed E-state index contributed by atoms with van der Waals surface area (Å²) in [4.78, 5) is 127. The molecule has 5 heterocycles. The van der Waals surface area contributed by atoms with E-state index < -0.39 is 146 Å². The minimum Gasteiger partial charge on any atom is -0.458 e. The first-order valence-corrected chi connectivity index (χ1v) is 46.4. The minimum absolute atomic E-state index is 0.00386. The zero-order valence-corrected chi connectivity index (χ0v) is 77.8. The molecule has 0 radical (unpaired) electrons. The highest BCUT2D eigenvalue weighted by molar-refractivity contribution is 6.13. The predicted octanol–water partition coefficient (Wildman–Crippen LogP) is -1.46. The zero-order valence-electron chi connectivity index (χ0n) is 77.8. The highest BCUT2D eigenvalue weighted by atomic mass is 19.1. The summed E-state index contributed by atoms with van der Waals surface area (Å²) >= 11 is 0. The number of hydrogen-bond donors (Lipinski definition) is 16. The third-order valence-electron chi connectivity index (χ3n) is 23.2. The number of nitrogens with zero attached hydrogens (tertiary/aromatic N) is 4. The minimum atomic E-state index is -2.07. The van der Waals surface area contributed by atoms with Crippen LogP contribution in [0.3, 0.4) is 0 Å². The van der Waals surface area contributed by atoms with Crippen molar-refractivity contribution >= 4 is 64.1 Å². The van der Waals surface area contributed by atoms with Crippen LogP contribution in [0.5, 0.6) is 0 Å². The number of pyridine rings is 2. The molecule has 0 spiro atoms. The quantitative estimate of drug-likeness (QED) is 0.0120. The molecule has 0 saturated heterocycles. The van der Waals surface area contributed by atoms with Crippen molar-refractivity contribution in [1.29, 1.82) is 0 Å². The van der Waals surface area contributed by atoms with Gasteiger partial charge in [0, 0.05) is 86.0 Å². The number of halogens is 1. The number of amides is 7. The number of anilines is 1. The molecule has 4 aliphatic rings. The molecule has 0 unspecified atom stereocenters. The molecule has 2 aromatic heterocycles. The van der Waals surface area contributed by atoms with Gasteiger partial charge in [-0.1, -0.05) is 39.3 Å².